The van der Waals surface area contributed by atoms with Crippen LogP contribution in [0.2, 0.25) is 0 Å². The van der Waals surface area contributed by atoms with Gasteiger partial charge in [0.1, 0.15) is 5.82 Å². The third-order valence-electron chi connectivity index (χ3n) is 5.46. The van der Waals surface area contributed by atoms with Crippen LogP contribution in [0.3, 0.4) is 0 Å². The quantitative estimate of drug-likeness (QED) is 0.138. The molecule has 1 atom stereocenters. The Hall–Kier alpha value is -3.89. The fraction of sp³-hybridized carbons (Fsp3) is 0.308. The van der Waals surface area contributed by atoms with Gasteiger partial charge in [-0.25, -0.2) is 10.5 Å². The number of aromatic nitrogens is 1. The van der Waals surface area contributed by atoms with Crippen molar-refractivity contribution in [3.63, 3.8) is 0 Å². The Bertz CT molecular complexity index is 1000. The van der Waals surface area contributed by atoms with Crippen LogP contribution in [0.4, 0.5) is 5.82 Å². The van der Waals surface area contributed by atoms with Crippen molar-refractivity contribution in [1.82, 2.24) is 27.1 Å². The van der Waals surface area contributed by atoms with Gasteiger partial charge in [0.25, 0.3) is 5.91 Å². The van der Waals surface area contributed by atoms with Gasteiger partial charge in [-0.05, 0) is 44.2 Å². The molecule has 10 heteroatoms. The van der Waals surface area contributed by atoms with E-state index in [1.807, 2.05) is 62.9 Å². The topological polar surface area (TPSA) is 172 Å². The van der Waals surface area contributed by atoms with Crippen LogP contribution in [0.15, 0.2) is 71.8 Å². The number of rotatable bonds is 11. The van der Waals surface area contributed by atoms with E-state index in [4.69, 9.17) is 16.0 Å². The van der Waals surface area contributed by atoms with E-state index >= 15 is 0 Å². The SMILES string of the molecule is C/C=C(\NC)C(=O)N[C@H](CONc1ccc(/C(NC)=C(/N)C2CC2)cn1)C1=CC=CC=C[CH]1.C=N.N.[HH].[HH]. The zero-order valence-corrected chi connectivity index (χ0v) is 21.3. The molecular weight excluding hydrogens is 456 g/mol. The minimum atomic E-state index is -0.364. The van der Waals surface area contributed by atoms with E-state index in [-0.39, 0.29) is 27.6 Å². The number of carbonyl (C=O) groups is 1. The Morgan fingerprint density at radius 3 is 2.56 bits per heavy atom. The van der Waals surface area contributed by atoms with Gasteiger partial charge in [-0.2, -0.15) is 0 Å². The van der Waals surface area contributed by atoms with E-state index < -0.39 is 0 Å². The summed E-state index contributed by atoms with van der Waals surface area (Å²) in [5, 5.41) is 14.6. The van der Waals surface area contributed by atoms with Crippen LogP contribution < -0.4 is 33.3 Å². The number of pyridine rings is 1. The first-order valence-corrected chi connectivity index (χ1v) is 11.5. The van der Waals surface area contributed by atoms with E-state index in [9.17, 15) is 4.79 Å². The molecule has 1 aromatic heterocycles. The van der Waals surface area contributed by atoms with Gasteiger partial charge in [0.2, 0.25) is 0 Å². The number of likely N-dealkylation sites (N-methyl/N-ethyl adjacent to an activating group) is 1. The molecule has 1 fully saturated rings. The standard InChI is InChI=1S/C25H33N6O2.CH3N.H3N.2H2/c1-4-20(27-2)25(32)30-21(17-9-7-5-6-8-10-17)16-33-31-22-14-13-19(15-29-22)24(28-3)23(26)18-11-12-18;1-2;;;/h4-10,13-15,18,21,27-28H,11-12,16,26H2,1-3H3,(H,29,31)(H,30,32);2H,1H2;1H3;2*1H/b20-4-,24-23-;;;;/t21-;;;;/m1..../s1. The number of nitrogens with one attached hydrogen (secondary N) is 5. The summed E-state index contributed by atoms with van der Waals surface area (Å²) in [6.45, 7) is 4.51. The molecule has 1 saturated carbocycles. The molecule has 0 saturated heterocycles. The summed E-state index contributed by atoms with van der Waals surface area (Å²) in [4.78, 5) is 22.7. The molecule has 2 aliphatic rings. The highest BCUT2D eigenvalue weighted by Gasteiger charge is 2.27. The summed E-state index contributed by atoms with van der Waals surface area (Å²) < 4.78 is 0. The van der Waals surface area contributed by atoms with Gasteiger partial charge in [0, 0.05) is 46.7 Å². The maximum Gasteiger partial charge on any atom is 0.267 e. The second kappa shape index (κ2) is 15.9. The zero-order chi connectivity index (χ0) is 25.6. The molecule has 2 aliphatic carbocycles. The maximum absolute atomic E-state index is 12.6. The fourth-order valence-corrected chi connectivity index (χ4v) is 3.45. The van der Waals surface area contributed by atoms with Crippen LogP contribution in [0, 0.1) is 17.7 Å². The molecule has 0 spiro atoms. The number of nitrogens with two attached hydrogens (primary N) is 1. The molecular formula is C26H43N8O2. The van der Waals surface area contributed by atoms with Crippen molar-refractivity contribution in [2.24, 2.45) is 11.7 Å². The van der Waals surface area contributed by atoms with Crippen LogP contribution in [0.5, 0.6) is 0 Å². The molecule has 1 radical (unpaired) electrons. The molecule has 0 unspecified atom stereocenters. The van der Waals surface area contributed by atoms with Gasteiger partial charge in [0.05, 0.1) is 24.0 Å². The molecule has 1 amide bonds. The van der Waals surface area contributed by atoms with E-state index in [1.165, 1.54) is 0 Å². The average Bonchev–Trinajstić information content (AvgIpc) is 3.74. The summed E-state index contributed by atoms with van der Waals surface area (Å²) in [7, 11) is 3.58. The third kappa shape index (κ3) is 8.71. The largest absolute Gasteiger partial charge is 0.400 e. The summed E-state index contributed by atoms with van der Waals surface area (Å²) in [5.41, 5.74) is 13.3. The van der Waals surface area contributed by atoms with E-state index in [0.29, 0.717) is 17.4 Å². The van der Waals surface area contributed by atoms with Crippen LogP contribution in [0.1, 0.15) is 28.2 Å². The molecule has 0 bridgehead atoms. The number of carbonyl (C=O) groups excluding carboxylic acids is 1. The lowest BCUT2D eigenvalue weighted by atomic mass is 10.0. The first kappa shape index (κ1) is 30.1. The second-order valence-electron chi connectivity index (χ2n) is 7.78. The number of nitrogens with zero attached hydrogens (tertiary/aromatic N) is 1. The first-order valence-electron chi connectivity index (χ1n) is 11.5. The Morgan fingerprint density at radius 1 is 1.25 bits per heavy atom. The minimum Gasteiger partial charge on any atom is -0.400 e. The van der Waals surface area contributed by atoms with E-state index in [1.54, 1.807) is 19.3 Å². The lowest BCUT2D eigenvalue weighted by molar-refractivity contribution is -0.118. The van der Waals surface area contributed by atoms with Crippen molar-refractivity contribution in [3.05, 3.63) is 83.7 Å². The molecule has 0 aromatic carbocycles. The highest BCUT2D eigenvalue weighted by Crippen LogP contribution is 2.36. The predicted molar refractivity (Wildman–Crippen MR) is 151 cm³/mol. The van der Waals surface area contributed by atoms with Crippen LogP contribution in [0.25, 0.3) is 5.70 Å². The van der Waals surface area contributed by atoms with Gasteiger partial charge in [0.15, 0.2) is 0 Å². The molecule has 10 nitrogen and oxygen atoms in total. The highest BCUT2D eigenvalue weighted by atomic mass is 16.6. The Balaban J connectivity index is 0. The normalized spacial score (nSPS) is 16.1. The van der Waals surface area contributed by atoms with Crippen LogP contribution in [-0.2, 0) is 9.63 Å². The van der Waals surface area contributed by atoms with Crippen molar-refractivity contribution in [2.45, 2.75) is 25.8 Å². The summed E-state index contributed by atoms with van der Waals surface area (Å²) in [6.07, 6.45) is 17.4. The lowest BCUT2D eigenvalue weighted by Gasteiger charge is -2.22. The highest BCUT2D eigenvalue weighted by molar-refractivity contribution is 5.93. The van der Waals surface area contributed by atoms with Gasteiger partial charge < -0.3 is 33.2 Å². The van der Waals surface area contributed by atoms with Gasteiger partial charge in [-0.3, -0.25) is 9.63 Å². The predicted octanol–water partition coefficient (Wildman–Crippen LogP) is 3.47. The molecule has 36 heavy (non-hydrogen) atoms. The Kier molecular flexibility index (Phi) is 13.3. The number of amides is 1. The summed E-state index contributed by atoms with van der Waals surface area (Å²) >= 11 is 0. The lowest BCUT2D eigenvalue weighted by Crippen LogP contribution is -2.42. The van der Waals surface area contributed by atoms with Crippen molar-refractivity contribution in [1.29, 1.82) is 5.41 Å². The number of hydrogen-bond acceptors (Lipinski definition) is 9. The summed E-state index contributed by atoms with van der Waals surface area (Å²) in [6, 6.07) is 3.42. The van der Waals surface area contributed by atoms with Crippen molar-refractivity contribution in [2.75, 3.05) is 26.2 Å². The van der Waals surface area contributed by atoms with Crippen LogP contribution >= 0.6 is 0 Å². The minimum absolute atomic E-state index is 0. The smallest absolute Gasteiger partial charge is 0.267 e. The fourth-order valence-electron chi connectivity index (χ4n) is 3.45. The molecule has 10 N–H and O–H groups in total. The van der Waals surface area contributed by atoms with Crippen molar-refractivity contribution >= 4 is 24.1 Å². The van der Waals surface area contributed by atoms with Crippen molar-refractivity contribution in [3.8, 4) is 0 Å². The molecule has 199 valence electrons. The first-order chi connectivity index (χ1) is 17.1. The number of anilines is 1. The Morgan fingerprint density at radius 2 is 1.97 bits per heavy atom. The summed E-state index contributed by atoms with van der Waals surface area (Å²) in [5.74, 6) is 0.820. The van der Waals surface area contributed by atoms with E-state index in [2.05, 4.69) is 33.1 Å². The number of allylic oxidation sites excluding steroid dienone is 7. The van der Waals surface area contributed by atoms with E-state index in [0.717, 1.165) is 35.4 Å². The third-order valence-corrected chi connectivity index (χ3v) is 5.46. The van der Waals surface area contributed by atoms with Gasteiger partial charge in [-0.1, -0.05) is 36.5 Å². The van der Waals surface area contributed by atoms with Crippen molar-refractivity contribution < 1.29 is 12.5 Å². The maximum atomic E-state index is 12.6. The van der Waals surface area contributed by atoms with Crippen LogP contribution in [-0.4, -0.2) is 44.4 Å². The molecule has 0 aliphatic heterocycles. The second-order valence-corrected chi connectivity index (χ2v) is 7.78. The van der Waals surface area contributed by atoms with Gasteiger partial charge in [-0.15, -0.1) is 0 Å². The average molecular weight is 500 g/mol. The zero-order valence-electron chi connectivity index (χ0n) is 21.3. The monoisotopic (exact) mass is 499 g/mol. The number of hydrogen-bond donors (Lipinski definition) is 7. The molecule has 3 rings (SSSR count). The molecule has 1 aromatic rings. The molecule has 1 heterocycles. The van der Waals surface area contributed by atoms with Gasteiger partial charge >= 0.3 is 0 Å². The Labute approximate surface area is 216 Å².